The predicted octanol–water partition coefficient (Wildman–Crippen LogP) is 0.482. The van der Waals surface area contributed by atoms with Crippen molar-refractivity contribution in [3.8, 4) is 6.07 Å². The number of carbonyl (C=O) groups is 2. The number of rotatable bonds is 3. The van der Waals surface area contributed by atoms with Crippen molar-refractivity contribution in [2.75, 3.05) is 7.11 Å². The van der Waals surface area contributed by atoms with Gasteiger partial charge in [-0.3, -0.25) is 4.79 Å². The maximum Gasteiger partial charge on any atom is 0.343 e. The molecule has 0 bridgehead atoms. The molecular weight excluding hydrogens is 208 g/mol. The zero-order valence-corrected chi connectivity index (χ0v) is 8.64. The number of nitrogens with one attached hydrogen (secondary N) is 1. The standard InChI is InChI=1S/C11H10N2O3/c1-16-11(15)9(7-12)13-10(14)8-5-3-2-4-6-8/h2-6,9H,1H3,(H,13,14). The van der Waals surface area contributed by atoms with Crippen LogP contribution in [0, 0.1) is 11.3 Å². The largest absolute Gasteiger partial charge is 0.467 e. The third-order valence-corrected chi connectivity index (χ3v) is 1.88. The first-order valence-electron chi connectivity index (χ1n) is 4.52. The molecular formula is C11H10N2O3. The summed E-state index contributed by atoms with van der Waals surface area (Å²) < 4.78 is 4.36. The number of carbonyl (C=O) groups excluding carboxylic acids is 2. The highest BCUT2D eigenvalue weighted by atomic mass is 16.5. The van der Waals surface area contributed by atoms with Gasteiger partial charge >= 0.3 is 5.97 Å². The van der Waals surface area contributed by atoms with E-state index in [0.717, 1.165) is 7.11 Å². The van der Waals surface area contributed by atoms with Crippen LogP contribution in [-0.2, 0) is 9.53 Å². The molecule has 0 heterocycles. The second-order valence-corrected chi connectivity index (χ2v) is 2.92. The van der Waals surface area contributed by atoms with Crippen LogP contribution in [0.4, 0.5) is 0 Å². The molecule has 1 aromatic rings. The molecule has 0 aromatic heterocycles. The van der Waals surface area contributed by atoms with Gasteiger partial charge in [0.15, 0.2) is 0 Å². The van der Waals surface area contributed by atoms with Crippen molar-refractivity contribution in [2.45, 2.75) is 6.04 Å². The highest BCUT2D eigenvalue weighted by molar-refractivity contribution is 5.97. The third kappa shape index (κ3) is 2.82. The van der Waals surface area contributed by atoms with Crippen LogP contribution in [-0.4, -0.2) is 25.0 Å². The topological polar surface area (TPSA) is 79.2 Å². The summed E-state index contributed by atoms with van der Waals surface area (Å²) in [4.78, 5) is 22.6. The van der Waals surface area contributed by atoms with Crippen LogP contribution in [0.15, 0.2) is 30.3 Å². The quantitative estimate of drug-likeness (QED) is 0.748. The molecule has 0 aliphatic rings. The number of amides is 1. The number of esters is 1. The molecule has 5 heteroatoms. The van der Waals surface area contributed by atoms with Crippen LogP contribution >= 0.6 is 0 Å². The molecule has 16 heavy (non-hydrogen) atoms. The Morgan fingerprint density at radius 1 is 1.38 bits per heavy atom. The van der Waals surface area contributed by atoms with Crippen LogP contribution < -0.4 is 5.32 Å². The van der Waals surface area contributed by atoms with Crippen molar-refractivity contribution in [3.63, 3.8) is 0 Å². The van der Waals surface area contributed by atoms with Gasteiger partial charge < -0.3 is 10.1 Å². The van der Waals surface area contributed by atoms with Crippen molar-refractivity contribution in [2.24, 2.45) is 0 Å². The molecule has 82 valence electrons. The van der Waals surface area contributed by atoms with E-state index in [-0.39, 0.29) is 0 Å². The Kier molecular flexibility index (Phi) is 4.04. The van der Waals surface area contributed by atoms with Gasteiger partial charge in [-0.25, -0.2) is 4.79 Å². The van der Waals surface area contributed by atoms with Crippen LogP contribution in [0.5, 0.6) is 0 Å². The Morgan fingerprint density at radius 2 is 2.00 bits per heavy atom. The summed E-state index contributed by atoms with van der Waals surface area (Å²) in [6.45, 7) is 0. The van der Waals surface area contributed by atoms with Gasteiger partial charge in [0.25, 0.3) is 5.91 Å². The van der Waals surface area contributed by atoms with Gasteiger partial charge in [0.05, 0.1) is 13.2 Å². The van der Waals surface area contributed by atoms with Crippen LogP contribution in [0.3, 0.4) is 0 Å². The number of hydrogen-bond donors (Lipinski definition) is 1. The number of nitrogens with zero attached hydrogens (tertiary/aromatic N) is 1. The summed E-state index contributed by atoms with van der Waals surface area (Å²) in [5.41, 5.74) is 0.381. The maximum absolute atomic E-state index is 11.6. The molecule has 0 fully saturated rings. The van der Waals surface area contributed by atoms with Crippen LogP contribution in [0.2, 0.25) is 0 Å². The Morgan fingerprint density at radius 3 is 2.50 bits per heavy atom. The lowest BCUT2D eigenvalue weighted by atomic mass is 10.2. The third-order valence-electron chi connectivity index (χ3n) is 1.88. The van der Waals surface area contributed by atoms with Crippen molar-refractivity contribution >= 4 is 11.9 Å². The number of methoxy groups -OCH3 is 1. The van der Waals surface area contributed by atoms with Gasteiger partial charge in [-0.1, -0.05) is 18.2 Å². The normalized spacial score (nSPS) is 11.0. The van der Waals surface area contributed by atoms with Gasteiger partial charge in [0.1, 0.15) is 0 Å². The van der Waals surface area contributed by atoms with E-state index in [2.05, 4.69) is 10.1 Å². The summed E-state index contributed by atoms with van der Waals surface area (Å²) in [6, 6.07) is 8.68. The molecule has 0 aliphatic carbocycles. The van der Waals surface area contributed by atoms with Crippen molar-refractivity contribution in [1.82, 2.24) is 5.32 Å². The van der Waals surface area contributed by atoms with Gasteiger partial charge in [-0.2, -0.15) is 5.26 Å². The van der Waals surface area contributed by atoms with Gasteiger partial charge in [-0.15, -0.1) is 0 Å². The van der Waals surface area contributed by atoms with Gasteiger partial charge in [-0.05, 0) is 12.1 Å². The fraction of sp³-hybridized carbons (Fsp3) is 0.182. The molecule has 0 saturated heterocycles. The van der Waals surface area contributed by atoms with E-state index in [1.807, 2.05) is 0 Å². The molecule has 5 nitrogen and oxygen atoms in total. The second-order valence-electron chi connectivity index (χ2n) is 2.92. The van der Waals surface area contributed by atoms with E-state index in [4.69, 9.17) is 5.26 Å². The first kappa shape index (κ1) is 11.7. The molecule has 0 spiro atoms. The molecule has 1 unspecified atom stereocenters. The Hall–Kier alpha value is -2.35. The minimum Gasteiger partial charge on any atom is -0.467 e. The molecule has 1 atom stereocenters. The Bertz CT molecular complexity index is 423. The van der Waals surface area contributed by atoms with E-state index in [1.54, 1.807) is 36.4 Å². The first-order chi connectivity index (χ1) is 7.69. The predicted molar refractivity (Wildman–Crippen MR) is 55.3 cm³/mol. The Balaban J connectivity index is 2.71. The summed E-state index contributed by atoms with van der Waals surface area (Å²) in [5.74, 6) is -1.27. The lowest BCUT2D eigenvalue weighted by molar-refractivity contribution is -0.141. The average molecular weight is 218 g/mol. The molecule has 1 aromatic carbocycles. The Labute approximate surface area is 92.6 Å². The van der Waals surface area contributed by atoms with Crippen molar-refractivity contribution in [1.29, 1.82) is 5.26 Å². The van der Waals surface area contributed by atoms with E-state index in [0.29, 0.717) is 5.56 Å². The fourth-order valence-corrected chi connectivity index (χ4v) is 1.07. The van der Waals surface area contributed by atoms with Crippen molar-refractivity contribution < 1.29 is 14.3 Å². The van der Waals surface area contributed by atoms with Crippen LogP contribution in [0.25, 0.3) is 0 Å². The average Bonchev–Trinajstić information content (AvgIpc) is 2.35. The number of hydrogen-bond acceptors (Lipinski definition) is 4. The summed E-state index contributed by atoms with van der Waals surface area (Å²) >= 11 is 0. The molecule has 0 saturated carbocycles. The van der Waals surface area contributed by atoms with E-state index >= 15 is 0 Å². The van der Waals surface area contributed by atoms with Crippen molar-refractivity contribution in [3.05, 3.63) is 35.9 Å². The monoisotopic (exact) mass is 218 g/mol. The number of nitriles is 1. The fourth-order valence-electron chi connectivity index (χ4n) is 1.07. The SMILES string of the molecule is COC(=O)C(C#N)NC(=O)c1ccccc1. The van der Waals surface area contributed by atoms with Gasteiger partial charge in [0.2, 0.25) is 6.04 Å². The van der Waals surface area contributed by atoms with Gasteiger partial charge in [0, 0.05) is 5.56 Å². The molecule has 1 amide bonds. The summed E-state index contributed by atoms with van der Waals surface area (Å²) in [5, 5.41) is 10.9. The zero-order valence-electron chi connectivity index (χ0n) is 8.64. The second kappa shape index (κ2) is 5.51. The number of ether oxygens (including phenoxy) is 1. The van der Waals surface area contributed by atoms with E-state index in [1.165, 1.54) is 0 Å². The number of benzene rings is 1. The summed E-state index contributed by atoms with van der Waals surface area (Å²) in [7, 11) is 1.15. The van der Waals surface area contributed by atoms with Crippen LogP contribution in [0.1, 0.15) is 10.4 Å². The lowest BCUT2D eigenvalue weighted by Crippen LogP contribution is -2.40. The summed E-state index contributed by atoms with van der Waals surface area (Å²) in [6.07, 6.45) is 0. The molecule has 1 rings (SSSR count). The highest BCUT2D eigenvalue weighted by Crippen LogP contribution is 1.99. The molecule has 0 radical (unpaired) electrons. The van der Waals surface area contributed by atoms with E-state index in [9.17, 15) is 9.59 Å². The zero-order chi connectivity index (χ0) is 12.0. The van der Waals surface area contributed by atoms with E-state index < -0.39 is 17.9 Å². The molecule has 1 N–H and O–H groups in total. The first-order valence-corrected chi connectivity index (χ1v) is 4.52. The maximum atomic E-state index is 11.6. The minimum atomic E-state index is -1.28. The minimum absolute atomic E-state index is 0.381. The highest BCUT2D eigenvalue weighted by Gasteiger charge is 2.21. The molecule has 0 aliphatic heterocycles. The lowest BCUT2D eigenvalue weighted by Gasteiger charge is -2.08. The smallest absolute Gasteiger partial charge is 0.343 e.